The molecule has 1 aromatic heterocycles. The van der Waals surface area contributed by atoms with Gasteiger partial charge in [0, 0.05) is 12.2 Å². The van der Waals surface area contributed by atoms with Gasteiger partial charge in [-0.2, -0.15) is 0 Å². The quantitative estimate of drug-likeness (QED) is 0.536. The molecule has 0 amide bonds. The molecule has 0 aliphatic heterocycles. The van der Waals surface area contributed by atoms with Crippen LogP contribution in [0.5, 0.6) is 0 Å². The third-order valence-electron chi connectivity index (χ3n) is 2.24. The van der Waals surface area contributed by atoms with Crippen molar-refractivity contribution in [3.05, 3.63) is 17.2 Å². The highest BCUT2D eigenvalue weighted by Gasteiger charge is 2.08. The van der Waals surface area contributed by atoms with Crippen molar-refractivity contribution >= 4 is 0 Å². The number of imidazole rings is 1. The summed E-state index contributed by atoms with van der Waals surface area (Å²) in [5, 5.41) is 0. The lowest BCUT2D eigenvalue weighted by molar-refractivity contribution is 0.590. The molecule has 0 saturated heterocycles. The lowest BCUT2D eigenvalue weighted by Crippen LogP contribution is -2.23. The van der Waals surface area contributed by atoms with E-state index in [1.54, 1.807) is 0 Å². The van der Waals surface area contributed by atoms with Crippen molar-refractivity contribution in [2.24, 2.45) is 5.84 Å². The summed E-state index contributed by atoms with van der Waals surface area (Å²) in [6.45, 7) is 7.94. The van der Waals surface area contributed by atoms with Crippen molar-refractivity contribution in [2.45, 2.75) is 40.3 Å². The maximum atomic E-state index is 5.28. The first kappa shape index (κ1) is 10.2. The number of rotatable bonds is 4. The first-order valence-electron chi connectivity index (χ1n) is 4.66. The van der Waals surface area contributed by atoms with Crippen molar-refractivity contribution in [2.75, 3.05) is 0 Å². The van der Waals surface area contributed by atoms with Gasteiger partial charge in [-0.15, -0.1) is 0 Å². The third kappa shape index (κ3) is 2.08. The smallest absolute Gasteiger partial charge is 0.124 e. The second-order valence-electron chi connectivity index (χ2n) is 3.23. The summed E-state index contributed by atoms with van der Waals surface area (Å²) in [6.07, 6.45) is 1.12. The molecule has 0 aliphatic carbocycles. The molecule has 4 nitrogen and oxygen atoms in total. The number of nitrogens with zero attached hydrogens (tertiary/aromatic N) is 2. The maximum Gasteiger partial charge on any atom is 0.124 e. The predicted molar refractivity (Wildman–Crippen MR) is 53.0 cm³/mol. The first-order valence-corrected chi connectivity index (χ1v) is 4.66. The van der Waals surface area contributed by atoms with Crippen LogP contribution in [0, 0.1) is 13.8 Å². The largest absolute Gasteiger partial charge is 0.331 e. The van der Waals surface area contributed by atoms with Gasteiger partial charge in [-0.05, 0) is 20.3 Å². The number of hydrogen-bond donors (Lipinski definition) is 2. The van der Waals surface area contributed by atoms with Gasteiger partial charge in [0.2, 0.25) is 0 Å². The fourth-order valence-electron chi connectivity index (χ4n) is 1.47. The molecular formula is C9H18N4. The van der Waals surface area contributed by atoms with Crippen LogP contribution >= 0.6 is 0 Å². The van der Waals surface area contributed by atoms with E-state index in [0.29, 0.717) is 6.54 Å². The van der Waals surface area contributed by atoms with E-state index < -0.39 is 0 Å². The first-order chi connectivity index (χ1) is 6.20. The Balaban J connectivity index is 2.96. The van der Waals surface area contributed by atoms with E-state index in [2.05, 4.69) is 28.8 Å². The van der Waals surface area contributed by atoms with Crippen molar-refractivity contribution in [3.8, 4) is 0 Å². The van der Waals surface area contributed by atoms with Crippen LogP contribution in [0.15, 0.2) is 0 Å². The Labute approximate surface area is 79.1 Å². The summed E-state index contributed by atoms with van der Waals surface area (Å²) >= 11 is 0. The van der Waals surface area contributed by atoms with E-state index in [0.717, 1.165) is 24.5 Å². The Morgan fingerprint density at radius 2 is 2.15 bits per heavy atom. The van der Waals surface area contributed by atoms with E-state index in [-0.39, 0.29) is 0 Å². The molecule has 0 radical (unpaired) electrons. The molecule has 0 bridgehead atoms. The lowest BCUT2D eigenvalue weighted by Gasteiger charge is -2.07. The van der Waals surface area contributed by atoms with Crippen LogP contribution < -0.4 is 11.3 Å². The highest BCUT2D eigenvalue weighted by atomic mass is 15.2. The number of nitrogens with two attached hydrogens (primary N) is 1. The van der Waals surface area contributed by atoms with Gasteiger partial charge >= 0.3 is 0 Å². The van der Waals surface area contributed by atoms with E-state index in [1.807, 2.05) is 6.92 Å². The summed E-state index contributed by atoms with van der Waals surface area (Å²) in [5.74, 6) is 6.31. The van der Waals surface area contributed by atoms with Gasteiger partial charge in [-0.3, -0.25) is 11.3 Å². The van der Waals surface area contributed by atoms with Crippen molar-refractivity contribution in [1.29, 1.82) is 0 Å². The third-order valence-corrected chi connectivity index (χ3v) is 2.24. The molecule has 0 fully saturated rings. The Morgan fingerprint density at radius 1 is 1.46 bits per heavy atom. The predicted octanol–water partition coefficient (Wildman–Crippen LogP) is 0.873. The Bertz CT molecular complexity index is 277. The van der Waals surface area contributed by atoms with Gasteiger partial charge in [0.1, 0.15) is 5.82 Å². The molecule has 0 unspecified atom stereocenters. The standard InChI is InChI=1S/C9H18N4/c1-4-5-13-8(3)7(2)12-9(13)6-11-10/h11H,4-6,10H2,1-3H3. The molecule has 1 aromatic rings. The van der Waals surface area contributed by atoms with E-state index >= 15 is 0 Å². The number of aryl methyl sites for hydroxylation is 1. The second kappa shape index (κ2) is 4.39. The summed E-state index contributed by atoms with van der Waals surface area (Å²) in [7, 11) is 0. The summed E-state index contributed by atoms with van der Waals surface area (Å²) < 4.78 is 2.22. The minimum atomic E-state index is 0.634. The highest BCUT2D eigenvalue weighted by molar-refractivity contribution is 5.14. The van der Waals surface area contributed by atoms with Crippen LogP contribution in [-0.4, -0.2) is 9.55 Å². The van der Waals surface area contributed by atoms with Crippen LogP contribution in [0.1, 0.15) is 30.6 Å². The summed E-state index contributed by atoms with van der Waals surface area (Å²) in [5.41, 5.74) is 4.98. The molecule has 1 rings (SSSR count). The Kier molecular flexibility index (Phi) is 3.45. The van der Waals surface area contributed by atoms with Gasteiger partial charge in [0.15, 0.2) is 0 Å². The van der Waals surface area contributed by atoms with Crippen LogP contribution in [0.2, 0.25) is 0 Å². The van der Waals surface area contributed by atoms with E-state index in [4.69, 9.17) is 5.84 Å². The topological polar surface area (TPSA) is 55.9 Å². The van der Waals surface area contributed by atoms with Gasteiger partial charge in [0.25, 0.3) is 0 Å². The van der Waals surface area contributed by atoms with Crippen LogP contribution in [0.25, 0.3) is 0 Å². The number of hydrazine groups is 1. The molecule has 74 valence electrons. The molecule has 1 heterocycles. The van der Waals surface area contributed by atoms with Crippen LogP contribution in [0.3, 0.4) is 0 Å². The normalized spacial score (nSPS) is 10.8. The minimum absolute atomic E-state index is 0.634. The number of nitrogens with one attached hydrogen (secondary N) is 1. The lowest BCUT2D eigenvalue weighted by atomic mass is 10.3. The maximum absolute atomic E-state index is 5.28. The molecule has 0 saturated carbocycles. The molecule has 13 heavy (non-hydrogen) atoms. The Hall–Kier alpha value is -0.870. The van der Waals surface area contributed by atoms with Crippen molar-refractivity contribution < 1.29 is 0 Å². The van der Waals surface area contributed by atoms with E-state index in [1.165, 1.54) is 5.69 Å². The second-order valence-corrected chi connectivity index (χ2v) is 3.23. The minimum Gasteiger partial charge on any atom is -0.331 e. The van der Waals surface area contributed by atoms with Crippen LogP contribution in [0.4, 0.5) is 0 Å². The van der Waals surface area contributed by atoms with Gasteiger partial charge in [0.05, 0.1) is 12.2 Å². The van der Waals surface area contributed by atoms with Gasteiger partial charge < -0.3 is 4.57 Å². The monoisotopic (exact) mass is 182 g/mol. The zero-order chi connectivity index (χ0) is 9.84. The SMILES string of the molecule is CCCn1c(CNN)nc(C)c1C. The average molecular weight is 182 g/mol. The molecular weight excluding hydrogens is 164 g/mol. The number of hydrogen-bond acceptors (Lipinski definition) is 3. The highest BCUT2D eigenvalue weighted by Crippen LogP contribution is 2.10. The Morgan fingerprint density at radius 3 is 2.69 bits per heavy atom. The van der Waals surface area contributed by atoms with Gasteiger partial charge in [-0.25, -0.2) is 4.98 Å². The average Bonchev–Trinajstić information content (AvgIpc) is 2.34. The molecule has 0 atom stereocenters. The van der Waals surface area contributed by atoms with Crippen molar-refractivity contribution in [3.63, 3.8) is 0 Å². The zero-order valence-corrected chi connectivity index (χ0v) is 8.59. The number of aromatic nitrogens is 2. The van der Waals surface area contributed by atoms with Gasteiger partial charge in [-0.1, -0.05) is 6.92 Å². The van der Waals surface area contributed by atoms with Crippen LogP contribution in [-0.2, 0) is 13.1 Å². The van der Waals surface area contributed by atoms with E-state index in [9.17, 15) is 0 Å². The molecule has 3 N–H and O–H groups in total. The molecule has 0 spiro atoms. The summed E-state index contributed by atoms with van der Waals surface area (Å²) in [6, 6.07) is 0. The molecule has 0 aromatic carbocycles. The molecule has 4 heteroatoms. The zero-order valence-electron chi connectivity index (χ0n) is 8.59. The summed E-state index contributed by atoms with van der Waals surface area (Å²) in [4.78, 5) is 4.44. The fourth-order valence-corrected chi connectivity index (χ4v) is 1.47. The fraction of sp³-hybridized carbons (Fsp3) is 0.667. The van der Waals surface area contributed by atoms with Crippen molar-refractivity contribution in [1.82, 2.24) is 15.0 Å². The molecule has 0 aliphatic rings.